The van der Waals surface area contributed by atoms with Gasteiger partial charge in [0.1, 0.15) is 12.1 Å². The molecule has 0 bridgehead atoms. The predicted molar refractivity (Wildman–Crippen MR) is 86.8 cm³/mol. The van der Waals surface area contributed by atoms with Gasteiger partial charge in [0.05, 0.1) is 12.6 Å². The fourth-order valence-electron chi connectivity index (χ4n) is 2.75. The minimum atomic E-state index is -5.21. The molecule has 1 aliphatic heterocycles. The Morgan fingerprint density at radius 1 is 1.30 bits per heavy atom. The van der Waals surface area contributed by atoms with Crippen LogP contribution < -0.4 is 5.73 Å². The van der Waals surface area contributed by atoms with Gasteiger partial charge in [-0.3, -0.25) is 4.79 Å². The van der Waals surface area contributed by atoms with Crippen LogP contribution in [-0.4, -0.2) is 58.8 Å². The van der Waals surface area contributed by atoms with Crippen LogP contribution in [0, 0.1) is 0 Å². The molecule has 1 saturated heterocycles. The molecule has 0 spiro atoms. The predicted octanol–water partition coefficient (Wildman–Crippen LogP) is 1.37. The molecule has 7 nitrogen and oxygen atoms in total. The van der Waals surface area contributed by atoms with Gasteiger partial charge in [-0.25, -0.2) is 9.59 Å². The molecule has 3 N–H and O–H groups in total. The molecule has 0 aliphatic carbocycles. The number of ether oxygens (including phenoxy) is 1. The third kappa shape index (κ3) is 5.33. The SMILES string of the molecule is N[C@H](Cc1ccc(Cl)cc1)C(=O)N1C[C@H](OC(=O)C(F)(F)F)C[C@H]1C(=O)O. The summed E-state index contributed by atoms with van der Waals surface area (Å²) >= 11 is 5.76. The van der Waals surface area contributed by atoms with Gasteiger partial charge in [-0.05, 0) is 24.1 Å². The van der Waals surface area contributed by atoms with Crippen LogP contribution in [-0.2, 0) is 25.5 Å². The summed E-state index contributed by atoms with van der Waals surface area (Å²) in [6, 6.07) is 3.92. The van der Waals surface area contributed by atoms with Crippen LogP contribution in [0.15, 0.2) is 24.3 Å². The molecule has 0 unspecified atom stereocenters. The summed E-state index contributed by atoms with van der Waals surface area (Å²) < 4.78 is 41.2. The van der Waals surface area contributed by atoms with E-state index in [1.54, 1.807) is 24.3 Å². The molecule has 0 aromatic heterocycles. The summed E-state index contributed by atoms with van der Waals surface area (Å²) in [6.45, 7) is -0.480. The molecule has 1 aromatic rings. The van der Waals surface area contributed by atoms with Gasteiger partial charge in [0.15, 0.2) is 0 Å². The topological polar surface area (TPSA) is 110 Å². The number of amides is 1. The highest BCUT2D eigenvalue weighted by atomic mass is 35.5. The lowest BCUT2D eigenvalue weighted by Crippen LogP contribution is -2.49. The number of nitrogens with zero attached hydrogens (tertiary/aromatic N) is 1. The largest absolute Gasteiger partial charge is 0.490 e. The molecule has 1 fully saturated rings. The lowest BCUT2D eigenvalue weighted by atomic mass is 10.1. The van der Waals surface area contributed by atoms with Crippen molar-refractivity contribution in [2.45, 2.75) is 37.2 Å². The van der Waals surface area contributed by atoms with E-state index in [1.165, 1.54) is 0 Å². The summed E-state index contributed by atoms with van der Waals surface area (Å²) in [7, 11) is 0. The molecule has 27 heavy (non-hydrogen) atoms. The molecule has 148 valence electrons. The van der Waals surface area contributed by atoms with Crippen LogP contribution in [0.1, 0.15) is 12.0 Å². The van der Waals surface area contributed by atoms with Gasteiger partial charge in [-0.15, -0.1) is 0 Å². The minimum absolute atomic E-state index is 0.0752. The smallest absolute Gasteiger partial charge is 0.480 e. The highest BCUT2D eigenvalue weighted by Crippen LogP contribution is 2.25. The Kier molecular flexibility index (Phi) is 6.32. The first kappa shape index (κ1) is 21.0. The van der Waals surface area contributed by atoms with E-state index in [2.05, 4.69) is 4.74 Å². The Morgan fingerprint density at radius 3 is 2.41 bits per heavy atom. The number of rotatable bonds is 5. The number of alkyl halides is 3. The third-order valence-electron chi connectivity index (χ3n) is 4.02. The van der Waals surface area contributed by atoms with E-state index < -0.39 is 55.2 Å². The van der Waals surface area contributed by atoms with E-state index in [1.807, 2.05) is 0 Å². The first-order valence-corrected chi connectivity index (χ1v) is 8.18. The highest BCUT2D eigenvalue weighted by Gasteiger charge is 2.47. The van der Waals surface area contributed by atoms with Gasteiger partial charge in [0, 0.05) is 11.4 Å². The zero-order valence-electron chi connectivity index (χ0n) is 13.8. The molecule has 1 heterocycles. The van der Waals surface area contributed by atoms with E-state index in [0.717, 1.165) is 4.90 Å². The maximum atomic E-state index is 12.5. The van der Waals surface area contributed by atoms with Crippen molar-refractivity contribution in [3.05, 3.63) is 34.9 Å². The normalized spacial score (nSPS) is 21.0. The number of benzene rings is 1. The summed E-state index contributed by atoms with van der Waals surface area (Å²) in [6.07, 6.45) is -6.96. The fourth-order valence-corrected chi connectivity index (χ4v) is 2.88. The van der Waals surface area contributed by atoms with Crippen molar-refractivity contribution in [1.29, 1.82) is 0 Å². The summed E-state index contributed by atoms with van der Waals surface area (Å²) in [5, 5.41) is 9.72. The maximum absolute atomic E-state index is 12.5. The summed E-state index contributed by atoms with van der Waals surface area (Å²) in [5.41, 5.74) is 6.51. The number of aliphatic carboxylic acids is 1. The molecule has 11 heteroatoms. The van der Waals surface area contributed by atoms with E-state index >= 15 is 0 Å². The monoisotopic (exact) mass is 408 g/mol. The molecule has 1 aliphatic rings. The first-order valence-electron chi connectivity index (χ1n) is 7.80. The molecule has 0 radical (unpaired) electrons. The molecular formula is C16H16ClF3N2O5. The van der Waals surface area contributed by atoms with Crippen molar-refractivity contribution >= 4 is 29.4 Å². The van der Waals surface area contributed by atoms with E-state index in [-0.39, 0.29) is 6.42 Å². The third-order valence-corrected chi connectivity index (χ3v) is 4.27. The van der Waals surface area contributed by atoms with E-state index in [9.17, 15) is 32.7 Å². The number of carbonyl (C=O) groups excluding carboxylic acids is 2. The average Bonchev–Trinajstić information content (AvgIpc) is 2.99. The number of hydrogen-bond donors (Lipinski definition) is 2. The Morgan fingerprint density at radius 2 is 1.89 bits per heavy atom. The van der Waals surface area contributed by atoms with Gasteiger partial charge in [-0.1, -0.05) is 23.7 Å². The van der Waals surface area contributed by atoms with Gasteiger partial charge >= 0.3 is 18.1 Å². The molecule has 3 atom stereocenters. The standard InChI is InChI=1S/C16H16ClF3N2O5/c17-9-3-1-8(2-4-9)5-11(21)13(23)22-7-10(6-12(22)14(24)25)27-15(26)16(18,19)20/h1-4,10-12H,5-7,21H2,(H,24,25)/t10-,11-,12+/m1/s1. The zero-order chi connectivity index (χ0) is 20.4. The van der Waals surface area contributed by atoms with Gasteiger partial charge in [0.25, 0.3) is 0 Å². The average molecular weight is 409 g/mol. The number of likely N-dealkylation sites (tertiary alicyclic amines) is 1. The van der Waals surface area contributed by atoms with Gasteiger partial charge < -0.3 is 20.5 Å². The van der Waals surface area contributed by atoms with Crippen LogP contribution in [0.25, 0.3) is 0 Å². The second kappa shape index (κ2) is 8.13. The molecule has 0 saturated carbocycles. The lowest BCUT2D eigenvalue weighted by molar-refractivity contribution is -0.204. The number of nitrogens with two attached hydrogens (primary N) is 1. The zero-order valence-corrected chi connectivity index (χ0v) is 14.5. The van der Waals surface area contributed by atoms with Crippen molar-refractivity contribution in [2.75, 3.05) is 6.54 Å². The van der Waals surface area contributed by atoms with Crippen LogP contribution in [0.4, 0.5) is 13.2 Å². The van der Waals surface area contributed by atoms with Crippen molar-refractivity contribution in [2.24, 2.45) is 5.73 Å². The Balaban J connectivity index is 2.06. The van der Waals surface area contributed by atoms with Crippen molar-refractivity contribution in [3.63, 3.8) is 0 Å². The number of carboxylic acid groups (broad SMARTS) is 1. The Hall–Kier alpha value is -2.33. The number of carbonyl (C=O) groups is 3. The van der Waals surface area contributed by atoms with Crippen LogP contribution in [0.2, 0.25) is 5.02 Å². The first-order chi connectivity index (χ1) is 12.5. The van der Waals surface area contributed by atoms with Crippen LogP contribution in [0.3, 0.4) is 0 Å². The minimum Gasteiger partial charge on any atom is -0.480 e. The van der Waals surface area contributed by atoms with Crippen molar-refractivity contribution in [1.82, 2.24) is 4.90 Å². The van der Waals surface area contributed by atoms with E-state index in [0.29, 0.717) is 10.6 Å². The van der Waals surface area contributed by atoms with Gasteiger partial charge in [0.2, 0.25) is 5.91 Å². The molecule has 2 rings (SSSR count). The molecule has 1 aromatic carbocycles. The van der Waals surface area contributed by atoms with Crippen molar-refractivity contribution in [3.8, 4) is 0 Å². The Labute approximate surface area is 156 Å². The quantitative estimate of drug-likeness (QED) is 0.712. The second-order valence-corrected chi connectivity index (χ2v) is 6.48. The number of esters is 1. The molecule has 1 amide bonds. The maximum Gasteiger partial charge on any atom is 0.490 e. The summed E-state index contributed by atoms with van der Waals surface area (Å²) in [5.74, 6) is -4.62. The van der Waals surface area contributed by atoms with Crippen LogP contribution in [0.5, 0.6) is 0 Å². The highest BCUT2D eigenvalue weighted by molar-refractivity contribution is 6.30. The van der Waals surface area contributed by atoms with E-state index in [4.69, 9.17) is 17.3 Å². The fraction of sp³-hybridized carbons (Fsp3) is 0.438. The number of halogens is 4. The second-order valence-electron chi connectivity index (χ2n) is 6.04. The van der Waals surface area contributed by atoms with Crippen molar-refractivity contribution < 1.29 is 37.4 Å². The summed E-state index contributed by atoms with van der Waals surface area (Å²) in [4.78, 5) is 35.6. The Bertz CT molecular complexity index is 726. The van der Waals surface area contributed by atoms with Gasteiger partial charge in [-0.2, -0.15) is 13.2 Å². The lowest BCUT2D eigenvalue weighted by Gasteiger charge is -2.24. The molecular weight excluding hydrogens is 393 g/mol. The van der Waals surface area contributed by atoms with Crippen LogP contribution >= 0.6 is 11.6 Å². The number of carboxylic acids is 1. The number of hydrogen-bond acceptors (Lipinski definition) is 5.